The van der Waals surface area contributed by atoms with Gasteiger partial charge in [0.15, 0.2) is 0 Å². The zero-order chi connectivity index (χ0) is 20.8. The van der Waals surface area contributed by atoms with Gasteiger partial charge in [0.2, 0.25) is 5.91 Å². The highest BCUT2D eigenvalue weighted by Gasteiger charge is 2.27. The van der Waals surface area contributed by atoms with E-state index in [1.54, 1.807) is 6.26 Å². The van der Waals surface area contributed by atoms with Crippen molar-refractivity contribution in [2.24, 2.45) is 0 Å². The van der Waals surface area contributed by atoms with Crippen molar-refractivity contribution in [1.82, 2.24) is 5.32 Å². The normalized spacial score (nSPS) is 12.8. The van der Waals surface area contributed by atoms with Crippen molar-refractivity contribution in [3.8, 4) is 0 Å². The van der Waals surface area contributed by atoms with Gasteiger partial charge in [0.1, 0.15) is 17.6 Å². The Morgan fingerprint density at radius 1 is 0.767 bits per heavy atom. The molecule has 3 aromatic carbocycles. The molecule has 1 aromatic heterocycles. The second-order valence-electron chi connectivity index (χ2n) is 6.87. The number of nitrogens with one attached hydrogen (secondary N) is 2. The van der Waals surface area contributed by atoms with E-state index in [0.29, 0.717) is 11.4 Å². The second-order valence-corrected chi connectivity index (χ2v) is 6.87. The largest absolute Gasteiger partial charge is 0.467 e. The molecule has 1 heterocycles. The predicted octanol–water partition coefficient (Wildman–Crippen LogP) is 5.48. The zero-order valence-electron chi connectivity index (χ0n) is 16.2. The van der Waals surface area contributed by atoms with Crippen molar-refractivity contribution < 1.29 is 13.6 Å². The number of halogens is 1. The van der Waals surface area contributed by atoms with Crippen molar-refractivity contribution in [1.29, 1.82) is 0 Å². The minimum atomic E-state index is -0.661. The maximum Gasteiger partial charge on any atom is 0.246 e. The highest BCUT2D eigenvalue weighted by atomic mass is 19.1. The third kappa shape index (κ3) is 4.64. The van der Waals surface area contributed by atoms with E-state index in [0.717, 1.165) is 11.1 Å². The van der Waals surface area contributed by atoms with Crippen LogP contribution < -0.4 is 10.6 Å². The van der Waals surface area contributed by atoms with Crippen LogP contribution in [0.2, 0.25) is 0 Å². The lowest BCUT2D eigenvalue weighted by molar-refractivity contribution is -0.118. The molecular formula is C25H21FN2O2. The number of amides is 1. The summed E-state index contributed by atoms with van der Waals surface area (Å²) in [6, 6.07) is 27.7. The molecule has 0 spiro atoms. The van der Waals surface area contributed by atoms with E-state index >= 15 is 0 Å². The van der Waals surface area contributed by atoms with Crippen LogP contribution >= 0.6 is 0 Å². The summed E-state index contributed by atoms with van der Waals surface area (Å²) in [6.07, 6.45) is 1.61. The standard InChI is InChI=1S/C25H21FN2O2/c26-20-13-15-21(16-14-20)27-25(29)24(19-10-5-2-6-11-19)28-23(22-12-7-17-30-22)18-8-3-1-4-9-18/h1-17,23-24,28H,(H,27,29)/t23-,24+/m0/s1. The second kappa shape index (κ2) is 9.20. The van der Waals surface area contributed by atoms with Crippen LogP contribution in [0.15, 0.2) is 108 Å². The van der Waals surface area contributed by atoms with Crippen molar-refractivity contribution in [2.75, 3.05) is 5.32 Å². The van der Waals surface area contributed by atoms with Gasteiger partial charge in [-0.2, -0.15) is 0 Å². The van der Waals surface area contributed by atoms with Gasteiger partial charge < -0.3 is 9.73 Å². The molecule has 0 aliphatic heterocycles. The smallest absolute Gasteiger partial charge is 0.246 e. The number of hydrogen-bond acceptors (Lipinski definition) is 3. The average molecular weight is 400 g/mol. The highest BCUT2D eigenvalue weighted by molar-refractivity contribution is 5.95. The van der Waals surface area contributed by atoms with E-state index in [1.807, 2.05) is 72.8 Å². The molecule has 0 saturated carbocycles. The van der Waals surface area contributed by atoms with Crippen LogP contribution in [0.3, 0.4) is 0 Å². The molecule has 4 rings (SSSR count). The number of carbonyl (C=O) groups excluding carboxylic acids is 1. The summed E-state index contributed by atoms with van der Waals surface area (Å²) < 4.78 is 18.9. The summed E-state index contributed by atoms with van der Waals surface area (Å²) in [4.78, 5) is 13.2. The lowest BCUT2D eigenvalue weighted by atomic mass is 10.00. The number of hydrogen-bond donors (Lipinski definition) is 2. The number of benzene rings is 3. The Bertz CT molecular complexity index is 1070. The lowest BCUT2D eigenvalue weighted by Crippen LogP contribution is -2.36. The molecule has 4 nitrogen and oxygen atoms in total. The van der Waals surface area contributed by atoms with E-state index in [4.69, 9.17) is 4.42 Å². The Hall–Kier alpha value is -3.70. The Morgan fingerprint density at radius 3 is 2.00 bits per heavy atom. The highest BCUT2D eigenvalue weighted by Crippen LogP contribution is 2.27. The van der Waals surface area contributed by atoms with Gasteiger partial charge in [0.25, 0.3) is 0 Å². The SMILES string of the molecule is O=C(Nc1ccc(F)cc1)[C@H](N[C@@H](c1ccccc1)c1ccco1)c1ccccc1. The Kier molecular flexibility index (Phi) is 6.01. The van der Waals surface area contributed by atoms with Gasteiger partial charge in [-0.15, -0.1) is 0 Å². The first-order valence-electron chi connectivity index (χ1n) is 9.66. The number of anilines is 1. The van der Waals surface area contributed by atoms with Crippen LogP contribution in [0.5, 0.6) is 0 Å². The van der Waals surface area contributed by atoms with Gasteiger partial charge in [-0.05, 0) is 47.5 Å². The first-order chi connectivity index (χ1) is 14.7. The van der Waals surface area contributed by atoms with Gasteiger partial charge in [0.05, 0.1) is 12.3 Å². The minimum Gasteiger partial charge on any atom is -0.467 e. The lowest BCUT2D eigenvalue weighted by Gasteiger charge is -2.25. The van der Waals surface area contributed by atoms with Crippen LogP contribution in [0.1, 0.15) is 29.0 Å². The van der Waals surface area contributed by atoms with Crippen LogP contribution in [-0.4, -0.2) is 5.91 Å². The topological polar surface area (TPSA) is 54.3 Å². The molecule has 0 radical (unpaired) electrons. The van der Waals surface area contributed by atoms with Crippen LogP contribution in [0, 0.1) is 5.82 Å². The quantitative estimate of drug-likeness (QED) is 0.432. The Morgan fingerprint density at radius 2 is 1.40 bits per heavy atom. The van der Waals surface area contributed by atoms with E-state index in [1.165, 1.54) is 24.3 Å². The van der Waals surface area contributed by atoms with Gasteiger partial charge in [-0.3, -0.25) is 10.1 Å². The molecule has 0 saturated heterocycles. The molecule has 2 N–H and O–H groups in total. The zero-order valence-corrected chi connectivity index (χ0v) is 16.2. The molecule has 1 amide bonds. The molecule has 0 bridgehead atoms. The van der Waals surface area contributed by atoms with Gasteiger partial charge in [0, 0.05) is 5.69 Å². The third-order valence-corrected chi connectivity index (χ3v) is 4.80. The van der Waals surface area contributed by atoms with E-state index in [2.05, 4.69) is 10.6 Å². The number of carbonyl (C=O) groups is 1. The van der Waals surface area contributed by atoms with Gasteiger partial charge >= 0.3 is 0 Å². The fourth-order valence-electron chi connectivity index (χ4n) is 3.33. The minimum absolute atomic E-state index is 0.250. The van der Waals surface area contributed by atoms with Crippen molar-refractivity contribution >= 4 is 11.6 Å². The van der Waals surface area contributed by atoms with E-state index in [-0.39, 0.29) is 17.8 Å². The maximum atomic E-state index is 13.2. The molecule has 0 fully saturated rings. The van der Waals surface area contributed by atoms with E-state index in [9.17, 15) is 9.18 Å². The van der Waals surface area contributed by atoms with Gasteiger partial charge in [-0.25, -0.2) is 4.39 Å². The average Bonchev–Trinajstić information content (AvgIpc) is 3.32. The van der Waals surface area contributed by atoms with Crippen LogP contribution in [-0.2, 0) is 4.79 Å². The molecule has 4 aromatic rings. The number of rotatable bonds is 7. The van der Waals surface area contributed by atoms with Crippen molar-refractivity contribution in [2.45, 2.75) is 12.1 Å². The molecule has 0 aliphatic carbocycles. The van der Waals surface area contributed by atoms with Gasteiger partial charge in [-0.1, -0.05) is 60.7 Å². The molecule has 5 heteroatoms. The van der Waals surface area contributed by atoms with Crippen LogP contribution in [0.4, 0.5) is 10.1 Å². The van der Waals surface area contributed by atoms with Crippen molar-refractivity contribution in [3.05, 3.63) is 126 Å². The molecule has 150 valence electrons. The fraction of sp³-hybridized carbons (Fsp3) is 0.0800. The Labute approximate surface area is 174 Å². The summed E-state index contributed by atoms with van der Waals surface area (Å²) >= 11 is 0. The summed E-state index contributed by atoms with van der Waals surface area (Å²) in [5, 5.41) is 6.31. The monoisotopic (exact) mass is 400 g/mol. The number of furan rings is 1. The molecule has 0 unspecified atom stereocenters. The summed E-state index contributed by atoms with van der Waals surface area (Å²) in [6.45, 7) is 0. The molecule has 0 aliphatic rings. The van der Waals surface area contributed by atoms with E-state index < -0.39 is 6.04 Å². The van der Waals surface area contributed by atoms with Crippen LogP contribution in [0.25, 0.3) is 0 Å². The molecule has 30 heavy (non-hydrogen) atoms. The summed E-state index contributed by atoms with van der Waals surface area (Å²) in [7, 11) is 0. The molecular weight excluding hydrogens is 379 g/mol. The first-order valence-corrected chi connectivity index (χ1v) is 9.66. The predicted molar refractivity (Wildman–Crippen MR) is 114 cm³/mol. The summed E-state index contributed by atoms with van der Waals surface area (Å²) in [5.74, 6) is 0.102. The molecule has 2 atom stereocenters. The van der Waals surface area contributed by atoms with Crippen molar-refractivity contribution in [3.63, 3.8) is 0 Å². The maximum absolute atomic E-state index is 13.2. The first kappa shape index (κ1) is 19.6. The Balaban J connectivity index is 1.66. The fourth-order valence-corrected chi connectivity index (χ4v) is 3.33. The third-order valence-electron chi connectivity index (χ3n) is 4.80. The summed E-state index contributed by atoms with van der Waals surface area (Å²) in [5.41, 5.74) is 2.31.